The zero-order valence-corrected chi connectivity index (χ0v) is 13.8. The Morgan fingerprint density at radius 3 is 2.43 bits per heavy atom. The molecular formula is C15H18N2O5S. The summed E-state index contributed by atoms with van der Waals surface area (Å²) in [4.78, 5) is 24.2. The number of amides is 2. The molecule has 0 unspecified atom stereocenters. The molecule has 0 aromatic heterocycles. The van der Waals surface area contributed by atoms with Crippen LogP contribution in [0.2, 0.25) is 0 Å². The van der Waals surface area contributed by atoms with Gasteiger partial charge in [-0.15, -0.1) is 0 Å². The standard InChI is InChI=1S/C15H18N2O5S/c1-10-3-4-13(5-11(10)2)23(20,21)16-6-12(7-16)8-17-14(18)9-22-15(17)19/h3-5,12H,6-9H2,1-2H3. The molecule has 7 nitrogen and oxygen atoms in total. The Morgan fingerprint density at radius 2 is 1.87 bits per heavy atom. The van der Waals surface area contributed by atoms with Gasteiger partial charge >= 0.3 is 6.09 Å². The quantitative estimate of drug-likeness (QED) is 0.814. The van der Waals surface area contributed by atoms with Crippen molar-refractivity contribution < 1.29 is 22.7 Å². The van der Waals surface area contributed by atoms with Crippen molar-refractivity contribution in [3.63, 3.8) is 0 Å². The highest BCUT2D eigenvalue weighted by Gasteiger charge is 2.41. The Kier molecular flexibility index (Phi) is 3.89. The van der Waals surface area contributed by atoms with Crippen molar-refractivity contribution in [3.05, 3.63) is 29.3 Å². The maximum Gasteiger partial charge on any atom is 0.417 e. The number of imide groups is 1. The summed E-state index contributed by atoms with van der Waals surface area (Å²) in [5, 5.41) is 0. The highest BCUT2D eigenvalue weighted by Crippen LogP contribution is 2.27. The van der Waals surface area contributed by atoms with E-state index in [4.69, 9.17) is 0 Å². The number of benzene rings is 1. The monoisotopic (exact) mass is 338 g/mol. The zero-order valence-electron chi connectivity index (χ0n) is 13.0. The predicted octanol–water partition coefficient (Wildman–Crippen LogP) is 0.903. The summed E-state index contributed by atoms with van der Waals surface area (Å²) in [5.41, 5.74) is 1.96. The van der Waals surface area contributed by atoms with Crippen LogP contribution in [-0.2, 0) is 19.6 Å². The fraction of sp³-hybridized carbons (Fsp3) is 0.467. The van der Waals surface area contributed by atoms with Crippen LogP contribution in [0.3, 0.4) is 0 Å². The maximum absolute atomic E-state index is 12.5. The lowest BCUT2D eigenvalue weighted by Gasteiger charge is -2.39. The van der Waals surface area contributed by atoms with Crippen LogP contribution in [0.25, 0.3) is 0 Å². The number of ether oxygens (including phenoxy) is 1. The smallest absolute Gasteiger partial charge is 0.417 e. The van der Waals surface area contributed by atoms with E-state index in [0.717, 1.165) is 16.0 Å². The lowest BCUT2D eigenvalue weighted by atomic mass is 10.0. The molecule has 0 N–H and O–H groups in total. The van der Waals surface area contributed by atoms with E-state index in [-0.39, 0.29) is 29.9 Å². The second kappa shape index (κ2) is 5.61. The normalized spacial score (nSPS) is 19.8. The van der Waals surface area contributed by atoms with Gasteiger partial charge in [0.25, 0.3) is 5.91 Å². The molecule has 2 aliphatic rings. The molecule has 0 saturated carbocycles. The van der Waals surface area contributed by atoms with Gasteiger partial charge in [-0.05, 0) is 37.1 Å². The van der Waals surface area contributed by atoms with E-state index in [0.29, 0.717) is 13.1 Å². The number of aryl methyl sites for hydroxylation is 2. The van der Waals surface area contributed by atoms with Crippen molar-refractivity contribution in [2.75, 3.05) is 26.2 Å². The van der Waals surface area contributed by atoms with Gasteiger partial charge in [0, 0.05) is 25.6 Å². The van der Waals surface area contributed by atoms with Crippen molar-refractivity contribution in [3.8, 4) is 0 Å². The molecule has 2 amide bonds. The van der Waals surface area contributed by atoms with Gasteiger partial charge in [-0.25, -0.2) is 18.1 Å². The third-order valence-corrected chi connectivity index (χ3v) is 6.15. The molecule has 3 rings (SSSR count). The van der Waals surface area contributed by atoms with E-state index in [1.165, 1.54) is 4.31 Å². The molecule has 1 aromatic rings. The van der Waals surface area contributed by atoms with Gasteiger partial charge in [0.15, 0.2) is 6.61 Å². The lowest BCUT2D eigenvalue weighted by molar-refractivity contribution is -0.126. The fourth-order valence-corrected chi connectivity index (χ4v) is 4.35. The molecular weight excluding hydrogens is 320 g/mol. The topological polar surface area (TPSA) is 84.0 Å². The van der Waals surface area contributed by atoms with E-state index >= 15 is 0 Å². The first kappa shape index (κ1) is 15.9. The van der Waals surface area contributed by atoms with Gasteiger partial charge in [-0.3, -0.25) is 4.79 Å². The van der Waals surface area contributed by atoms with E-state index < -0.39 is 16.1 Å². The first-order valence-electron chi connectivity index (χ1n) is 7.33. The molecule has 23 heavy (non-hydrogen) atoms. The highest BCUT2D eigenvalue weighted by molar-refractivity contribution is 7.89. The summed E-state index contributed by atoms with van der Waals surface area (Å²) >= 11 is 0. The Morgan fingerprint density at radius 1 is 1.17 bits per heavy atom. The Labute approximate surface area is 134 Å². The van der Waals surface area contributed by atoms with Gasteiger partial charge in [0.05, 0.1) is 4.90 Å². The van der Waals surface area contributed by atoms with Gasteiger partial charge in [0.2, 0.25) is 10.0 Å². The molecule has 1 aromatic carbocycles. The molecule has 0 atom stereocenters. The third kappa shape index (κ3) is 2.84. The zero-order chi connectivity index (χ0) is 16.8. The minimum atomic E-state index is -3.52. The molecule has 2 heterocycles. The molecule has 2 saturated heterocycles. The van der Waals surface area contributed by atoms with Crippen molar-refractivity contribution in [2.24, 2.45) is 5.92 Å². The summed E-state index contributed by atoms with van der Waals surface area (Å²) in [6, 6.07) is 5.06. The first-order chi connectivity index (χ1) is 10.8. The number of nitrogens with zero attached hydrogens (tertiary/aromatic N) is 2. The van der Waals surface area contributed by atoms with Crippen molar-refractivity contribution in [1.82, 2.24) is 9.21 Å². The average molecular weight is 338 g/mol. The van der Waals surface area contributed by atoms with Gasteiger partial charge < -0.3 is 4.74 Å². The van der Waals surface area contributed by atoms with Crippen LogP contribution >= 0.6 is 0 Å². The predicted molar refractivity (Wildman–Crippen MR) is 81.2 cm³/mol. The van der Waals surface area contributed by atoms with Crippen molar-refractivity contribution in [2.45, 2.75) is 18.7 Å². The number of cyclic esters (lactones) is 1. The van der Waals surface area contributed by atoms with E-state index in [1.807, 2.05) is 13.8 Å². The summed E-state index contributed by atoms with van der Waals surface area (Å²) in [6.07, 6.45) is -0.648. The van der Waals surface area contributed by atoms with Crippen LogP contribution in [-0.4, -0.2) is 55.9 Å². The number of hydrogen-bond acceptors (Lipinski definition) is 5. The fourth-order valence-electron chi connectivity index (χ4n) is 2.67. The molecule has 8 heteroatoms. The molecule has 2 aliphatic heterocycles. The number of hydrogen-bond donors (Lipinski definition) is 0. The van der Waals surface area contributed by atoms with Crippen molar-refractivity contribution >= 4 is 22.0 Å². The number of carbonyl (C=O) groups excluding carboxylic acids is 2. The van der Waals surface area contributed by atoms with E-state index in [2.05, 4.69) is 4.74 Å². The minimum absolute atomic E-state index is 0.0501. The molecule has 0 bridgehead atoms. The van der Waals surface area contributed by atoms with Crippen LogP contribution in [0.4, 0.5) is 4.79 Å². The Balaban J connectivity index is 1.65. The van der Waals surface area contributed by atoms with Gasteiger partial charge in [-0.1, -0.05) is 6.07 Å². The lowest BCUT2D eigenvalue weighted by Crippen LogP contribution is -2.54. The minimum Gasteiger partial charge on any atom is -0.439 e. The van der Waals surface area contributed by atoms with Gasteiger partial charge in [0.1, 0.15) is 0 Å². The first-order valence-corrected chi connectivity index (χ1v) is 8.77. The van der Waals surface area contributed by atoms with Gasteiger partial charge in [-0.2, -0.15) is 4.31 Å². The van der Waals surface area contributed by atoms with E-state index in [9.17, 15) is 18.0 Å². The average Bonchev–Trinajstić information content (AvgIpc) is 2.76. The van der Waals surface area contributed by atoms with Crippen molar-refractivity contribution in [1.29, 1.82) is 0 Å². The summed E-state index contributed by atoms with van der Waals surface area (Å²) in [6.45, 7) is 4.38. The highest BCUT2D eigenvalue weighted by atomic mass is 32.2. The SMILES string of the molecule is Cc1ccc(S(=O)(=O)N2CC(CN3C(=O)COC3=O)C2)cc1C. The summed E-state index contributed by atoms with van der Waals surface area (Å²) in [7, 11) is -3.52. The second-order valence-corrected chi connectivity index (χ2v) is 7.93. The maximum atomic E-state index is 12.5. The molecule has 124 valence electrons. The third-order valence-electron chi connectivity index (χ3n) is 4.32. The number of rotatable bonds is 4. The molecule has 0 aliphatic carbocycles. The van der Waals surface area contributed by atoms with Crippen LogP contribution in [0.15, 0.2) is 23.1 Å². The Bertz CT molecular complexity index is 752. The summed E-state index contributed by atoms with van der Waals surface area (Å²) in [5.74, 6) is -0.420. The molecule has 0 spiro atoms. The Hall–Kier alpha value is -1.93. The molecule has 2 fully saturated rings. The van der Waals surface area contributed by atoms with E-state index in [1.54, 1.807) is 18.2 Å². The number of carbonyl (C=O) groups is 2. The number of sulfonamides is 1. The van der Waals surface area contributed by atoms with Crippen LogP contribution in [0.1, 0.15) is 11.1 Å². The van der Waals surface area contributed by atoms with Crippen LogP contribution < -0.4 is 0 Å². The largest absolute Gasteiger partial charge is 0.439 e. The second-order valence-electron chi connectivity index (χ2n) is 5.99. The van der Waals surface area contributed by atoms with Crippen LogP contribution in [0, 0.1) is 19.8 Å². The molecule has 0 radical (unpaired) electrons. The van der Waals surface area contributed by atoms with Crippen LogP contribution in [0.5, 0.6) is 0 Å². The summed E-state index contributed by atoms with van der Waals surface area (Å²) < 4.78 is 31.1.